The van der Waals surface area contributed by atoms with E-state index in [9.17, 15) is 13.2 Å². The summed E-state index contributed by atoms with van der Waals surface area (Å²) >= 11 is 5.90. The fourth-order valence-electron chi connectivity index (χ4n) is 3.35. The van der Waals surface area contributed by atoms with Gasteiger partial charge in [-0.1, -0.05) is 62.6 Å². The maximum absolute atomic E-state index is 12.9. The first kappa shape index (κ1) is 25.4. The van der Waals surface area contributed by atoms with Crippen LogP contribution in [0.2, 0.25) is 5.02 Å². The summed E-state index contributed by atoms with van der Waals surface area (Å²) in [6.45, 7) is 4.33. The van der Waals surface area contributed by atoms with Crippen LogP contribution in [0.25, 0.3) is 0 Å². The van der Waals surface area contributed by atoms with Gasteiger partial charge in [-0.15, -0.1) is 0 Å². The molecule has 2 aromatic rings. The van der Waals surface area contributed by atoms with Crippen LogP contribution in [0.1, 0.15) is 63.1 Å². The van der Waals surface area contributed by atoms with Gasteiger partial charge in [0, 0.05) is 17.5 Å². The zero-order valence-electron chi connectivity index (χ0n) is 18.4. The highest BCUT2D eigenvalue weighted by atomic mass is 35.5. The monoisotopic (exact) mass is 465 g/mol. The molecule has 0 saturated heterocycles. The van der Waals surface area contributed by atoms with Gasteiger partial charge in [-0.3, -0.25) is 4.79 Å². The Morgan fingerprint density at radius 2 is 1.65 bits per heavy atom. The molecular weight excluding hydrogens is 434 g/mol. The summed E-state index contributed by atoms with van der Waals surface area (Å²) < 4.78 is 33.4. The SMILES string of the molecule is COC(=O)CCCc1ccc(C(CCCC(C)C)NS(=O)(=O)c2ccc(Cl)cc2)cc1. The van der Waals surface area contributed by atoms with Crippen molar-refractivity contribution in [1.82, 2.24) is 4.72 Å². The number of methoxy groups -OCH3 is 1. The lowest BCUT2D eigenvalue weighted by Crippen LogP contribution is -2.28. The average molecular weight is 466 g/mol. The van der Waals surface area contributed by atoms with Gasteiger partial charge in [-0.2, -0.15) is 0 Å². The number of sulfonamides is 1. The minimum absolute atomic E-state index is 0.199. The molecule has 2 aromatic carbocycles. The van der Waals surface area contributed by atoms with Gasteiger partial charge in [0.15, 0.2) is 0 Å². The molecule has 1 unspecified atom stereocenters. The highest BCUT2D eigenvalue weighted by molar-refractivity contribution is 7.89. The Labute approximate surface area is 191 Å². The van der Waals surface area contributed by atoms with Crippen LogP contribution in [0, 0.1) is 5.92 Å². The first-order valence-corrected chi connectivity index (χ1v) is 12.5. The van der Waals surface area contributed by atoms with Crippen LogP contribution in [-0.4, -0.2) is 21.5 Å². The second-order valence-corrected chi connectivity index (χ2v) is 10.3. The molecule has 0 aromatic heterocycles. The molecule has 0 saturated carbocycles. The minimum Gasteiger partial charge on any atom is -0.469 e. The summed E-state index contributed by atoms with van der Waals surface area (Å²) in [5, 5.41) is 0.496. The molecule has 7 heteroatoms. The molecule has 5 nitrogen and oxygen atoms in total. The molecule has 2 rings (SSSR count). The van der Waals surface area contributed by atoms with Gasteiger partial charge in [0.25, 0.3) is 0 Å². The Kier molecular flexibility index (Phi) is 10.0. The molecular formula is C24H32ClNO4S. The quantitative estimate of drug-likeness (QED) is 0.409. The number of hydrogen-bond donors (Lipinski definition) is 1. The number of rotatable bonds is 12. The van der Waals surface area contributed by atoms with Crippen LogP contribution in [0.3, 0.4) is 0 Å². The molecule has 0 bridgehead atoms. The summed E-state index contributed by atoms with van der Waals surface area (Å²) in [5.74, 6) is 0.351. The fourth-order valence-corrected chi connectivity index (χ4v) is 4.73. The first-order chi connectivity index (χ1) is 14.7. The summed E-state index contributed by atoms with van der Waals surface area (Å²) in [4.78, 5) is 11.5. The molecule has 0 spiro atoms. The van der Waals surface area contributed by atoms with E-state index in [0.717, 1.165) is 30.4 Å². The Morgan fingerprint density at radius 1 is 1.00 bits per heavy atom. The number of carbonyl (C=O) groups is 1. The molecule has 0 fully saturated rings. The van der Waals surface area contributed by atoms with Gasteiger partial charge >= 0.3 is 5.97 Å². The average Bonchev–Trinajstić information content (AvgIpc) is 2.73. The molecule has 31 heavy (non-hydrogen) atoms. The van der Waals surface area contributed by atoms with Crippen molar-refractivity contribution < 1.29 is 17.9 Å². The molecule has 1 atom stereocenters. The lowest BCUT2D eigenvalue weighted by molar-refractivity contribution is -0.140. The van der Waals surface area contributed by atoms with Crippen molar-refractivity contribution in [2.45, 2.75) is 63.3 Å². The van der Waals surface area contributed by atoms with Crippen molar-refractivity contribution in [3.8, 4) is 0 Å². The number of esters is 1. The molecule has 1 N–H and O–H groups in total. The van der Waals surface area contributed by atoms with E-state index in [-0.39, 0.29) is 16.9 Å². The summed E-state index contributed by atoms with van der Waals surface area (Å²) in [6.07, 6.45) is 4.54. The Hall–Kier alpha value is -1.89. The normalized spacial score (nSPS) is 12.7. The number of nitrogens with one attached hydrogen (secondary N) is 1. The molecule has 0 aliphatic carbocycles. The topological polar surface area (TPSA) is 72.5 Å². The predicted molar refractivity (Wildman–Crippen MR) is 125 cm³/mol. The summed E-state index contributed by atoms with van der Waals surface area (Å²) in [7, 11) is -2.28. The van der Waals surface area contributed by atoms with Crippen LogP contribution >= 0.6 is 11.6 Å². The smallest absolute Gasteiger partial charge is 0.305 e. The van der Waals surface area contributed by atoms with Gasteiger partial charge in [-0.05, 0) is 60.6 Å². The maximum atomic E-state index is 12.9. The fraction of sp³-hybridized carbons (Fsp3) is 0.458. The number of carbonyl (C=O) groups excluding carboxylic acids is 1. The lowest BCUT2D eigenvalue weighted by Gasteiger charge is -2.20. The zero-order valence-corrected chi connectivity index (χ0v) is 20.0. The number of hydrogen-bond acceptors (Lipinski definition) is 4. The van der Waals surface area contributed by atoms with E-state index in [1.807, 2.05) is 24.3 Å². The van der Waals surface area contributed by atoms with E-state index in [4.69, 9.17) is 11.6 Å². The van der Waals surface area contributed by atoms with E-state index in [2.05, 4.69) is 23.3 Å². The van der Waals surface area contributed by atoms with E-state index < -0.39 is 10.0 Å². The van der Waals surface area contributed by atoms with Crippen molar-refractivity contribution in [3.63, 3.8) is 0 Å². The van der Waals surface area contributed by atoms with E-state index in [0.29, 0.717) is 30.2 Å². The number of aryl methyl sites for hydroxylation is 1. The second-order valence-electron chi connectivity index (χ2n) is 8.12. The van der Waals surface area contributed by atoms with Gasteiger partial charge in [0.05, 0.1) is 12.0 Å². The maximum Gasteiger partial charge on any atom is 0.305 e. The highest BCUT2D eigenvalue weighted by Gasteiger charge is 2.21. The number of halogens is 1. The number of benzene rings is 2. The predicted octanol–water partition coefficient (Wildman–Crippen LogP) is 5.68. The Morgan fingerprint density at radius 3 is 2.23 bits per heavy atom. The van der Waals surface area contributed by atoms with E-state index >= 15 is 0 Å². The second kappa shape index (κ2) is 12.2. The first-order valence-electron chi connectivity index (χ1n) is 10.6. The van der Waals surface area contributed by atoms with Crippen molar-refractivity contribution >= 4 is 27.6 Å². The third kappa shape index (κ3) is 8.63. The summed E-state index contributed by atoms with van der Waals surface area (Å²) in [6, 6.07) is 13.8. The zero-order chi connectivity index (χ0) is 22.9. The van der Waals surface area contributed by atoms with Crippen molar-refractivity contribution in [2.24, 2.45) is 5.92 Å². The molecule has 0 aliphatic rings. The largest absolute Gasteiger partial charge is 0.469 e. The van der Waals surface area contributed by atoms with Gasteiger partial charge in [0.1, 0.15) is 0 Å². The van der Waals surface area contributed by atoms with Crippen LogP contribution in [0.15, 0.2) is 53.4 Å². The molecule has 0 radical (unpaired) electrons. The van der Waals surface area contributed by atoms with Crippen molar-refractivity contribution in [2.75, 3.05) is 7.11 Å². The lowest BCUT2D eigenvalue weighted by atomic mass is 9.97. The Bertz CT molecular complexity index is 925. The third-order valence-electron chi connectivity index (χ3n) is 5.15. The van der Waals surface area contributed by atoms with Crippen molar-refractivity contribution in [3.05, 3.63) is 64.7 Å². The van der Waals surface area contributed by atoms with Crippen LogP contribution in [0.5, 0.6) is 0 Å². The van der Waals surface area contributed by atoms with E-state index in [1.54, 1.807) is 12.1 Å². The van der Waals surface area contributed by atoms with Gasteiger partial charge in [-0.25, -0.2) is 13.1 Å². The summed E-state index contributed by atoms with van der Waals surface area (Å²) in [5.41, 5.74) is 2.03. The number of ether oxygens (including phenoxy) is 1. The van der Waals surface area contributed by atoms with Gasteiger partial charge < -0.3 is 4.74 Å². The highest BCUT2D eigenvalue weighted by Crippen LogP contribution is 2.25. The minimum atomic E-state index is -3.67. The van der Waals surface area contributed by atoms with Gasteiger partial charge in [0.2, 0.25) is 10.0 Å². The van der Waals surface area contributed by atoms with Crippen LogP contribution in [0.4, 0.5) is 0 Å². The third-order valence-corrected chi connectivity index (χ3v) is 6.89. The van der Waals surface area contributed by atoms with Crippen LogP contribution in [-0.2, 0) is 26.0 Å². The molecule has 0 heterocycles. The Balaban J connectivity index is 2.13. The molecule has 170 valence electrons. The van der Waals surface area contributed by atoms with E-state index in [1.165, 1.54) is 19.2 Å². The van der Waals surface area contributed by atoms with Crippen LogP contribution < -0.4 is 4.72 Å². The van der Waals surface area contributed by atoms with Crippen molar-refractivity contribution in [1.29, 1.82) is 0 Å². The standard InChI is InChI=1S/C24H32ClNO4S/c1-18(2)6-4-8-23(26-31(28,29)22-16-14-21(25)15-17-22)20-12-10-19(11-13-20)7-5-9-24(27)30-3/h10-18,23,26H,4-9H2,1-3H3. The molecule has 0 aliphatic heterocycles. The molecule has 0 amide bonds.